The van der Waals surface area contributed by atoms with Gasteiger partial charge < -0.3 is 4.74 Å². The summed E-state index contributed by atoms with van der Waals surface area (Å²) in [5.74, 6) is 1.87. The van der Waals surface area contributed by atoms with Gasteiger partial charge in [0.05, 0.1) is 0 Å². The lowest BCUT2D eigenvalue weighted by molar-refractivity contribution is 0.487. The van der Waals surface area contributed by atoms with Gasteiger partial charge >= 0.3 is 0 Å². The summed E-state index contributed by atoms with van der Waals surface area (Å²) in [5, 5.41) is 2.41. The minimum Gasteiger partial charge on any atom is -0.456 e. The zero-order chi connectivity index (χ0) is 21.4. The maximum atomic E-state index is 6.40. The van der Waals surface area contributed by atoms with Gasteiger partial charge in [0.15, 0.2) is 0 Å². The topological polar surface area (TPSA) is 9.23 Å². The molecule has 32 heavy (non-hydrogen) atoms. The van der Waals surface area contributed by atoms with Crippen molar-refractivity contribution in [2.24, 2.45) is 0 Å². The van der Waals surface area contributed by atoms with Gasteiger partial charge in [0.25, 0.3) is 0 Å². The number of ether oxygens (including phenoxy) is 1. The van der Waals surface area contributed by atoms with Crippen LogP contribution in [0, 0.1) is 0 Å². The Kier molecular flexibility index (Phi) is 3.40. The summed E-state index contributed by atoms with van der Waals surface area (Å²) in [4.78, 5) is 0. The van der Waals surface area contributed by atoms with Crippen LogP contribution in [0.4, 0.5) is 0 Å². The van der Waals surface area contributed by atoms with Gasteiger partial charge in [-0.05, 0) is 62.5 Å². The van der Waals surface area contributed by atoms with Gasteiger partial charge in [-0.2, -0.15) is 0 Å². The fourth-order valence-electron chi connectivity index (χ4n) is 5.72. The summed E-state index contributed by atoms with van der Waals surface area (Å²) in [6.07, 6.45) is 0. The standard InChI is InChI=1S/C31H22O/c1-31(2)25-13-4-3-10-22(25)23-17-16-20(18-26(23)31)21-11-7-15-28-30(21)24-12-5-8-19-9-6-14-27(32-28)29(19)24/h3-18H,1-2H3. The van der Waals surface area contributed by atoms with Crippen LogP contribution in [0.2, 0.25) is 0 Å². The lowest BCUT2D eigenvalue weighted by atomic mass is 9.81. The fourth-order valence-corrected chi connectivity index (χ4v) is 5.72. The molecule has 7 rings (SSSR count). The molecule has 5 aromatic carbocycles. The largest absolute Gasteiger partial charge is 0.456 e. The molecule has 2 aliphatic rings. The summed E-state index contributed by atoms with van der Waals surface area (Å²) in [6.45, 7) is 4.67. The minimum absolute atomic E-state index is 0.0140. The van der Waals surface area contributed by atoms with E-state index in [0.717, 1.165) is 11.5 Å². The van der Waals surface area contributed by atoms with Crippen molar-refractivity contribution in [3.05, 3.63) is 108 Å². The average Bonchev–Trinajstić information content (AvgIpc) is 3.06. The van der Waals surface area contributed by atoms with Crippen molar-refractivity contribution in [3.63, 3.8) is 0 Å². The van der Waals surface area contributed by atoms with E-state index in [4.69, 9.17) is 4.74 Å². The van der Waals surface area contributed by atoms with Gasteiger partial charge in [0.2, 0.25) is 0 Å². The molecule has 1 aliphatic heterocycles. The molecule has 0 unspecified atom stereocenters. The van der Waals surface area contributed by atoms with Crippen molar-refractivity contribution in [2.45, 2.75) is 19.3 Å². The number of hydrogen-bond acceptors (Lipinski definition) is 1. The van der Waals surface area contributed by atoms with E-state index in [1.807, 2.05) is 0 Å². The average molecular weight is 411 g/mol. The molecule has 0 amide bonds. The van der Waals surface area contributed by atoms with Gasteiger partial charge in [-0.15, -0.1) is 0 Å². The lowest BCUT2D eigenvalue weighted by Gasteiger charge is -2.25. The highest BCUT2D eigenvalue weighted by Crippen LogP contribution is 2.53. The summed E-state index contributed by atoms with van der Waals surface area (Å²) < 4.78 is 6.40. The van der Waals surface area contributed by atoms with E-state index >= 15 is 0 Å². The molecule has 0 saturated carbocycles. The van der Waals surface area contributed by atoms with Crippen LogP contribution in [0.25, 0.3) is 44.2 Å². The Morgan fingerprint density at radius 1 is 0.562 bits per heavy atom. The maximum absolute atomic E-state index is 6.40. The Labute approximate surface area is 187 Å². The molecule has 0 atom stereocenters. The highest BCUT2D eigenvalue weighted by Gasteiger charge is 2.35. The van der Waals surface area contributed by atoms with E-state index < -0.39 is 0 Å². The molecule has 1 heterocycles. The molecule has 5 aromatic rings. The SMILES string of the molecule is CC1(C)c2ccccc2-c2ccc(-c3cccc4c3-c3cccc5cccc(c35)O4)cc21. The molecule has 1 heteroatoms. The third-order valence-corrected chi connectivity index (χ3v) is 7.28. The van der Waals surface area contributed by atoms with Crippen LogP contribution in [-0.2, 0) is 5.41 Å². The molecular formula is C31H22O. The van der Waals surface area contributed by atoms with Gasteiger partial charge in [0.1, 0.15) is 11.5 Å². The second-order valence-electron chi connectivity index (χ2n) is 9.37. The smallest absolute Gasteiger partial charge is 0.135 e. The van der Waals surface area contributed by atoms with E-state index in [1.165, 1.54) is 55.3 Å². The number of fused-ring (bicyclic) bond motifs is 5. The minimum atomic E-state index is -0.0140. The first-order valence-electron chi connectivity index (χ1n) is 11.2. The molecule has 1 nitrogen and oxygen atoms in total. The molecule has 0 spiro atoms. The van der Waals surface area contributed by atoms with E-state index in [0.29, 0.717) is 0 Å². The van der Waals surface area contributed by atoms with Crippen molar-refractivity contribution in [1.82, 2.24) is 0 Å². The van der Waals surface area contributed by atoms with Crippen molar-refractivity contribution in [1.29, 1.82) is 0 Å². The highest BCUT2D eigenvalue weighted by atomic mass is 16.5. The summed E-state index contributed by atoms with van der Waals surface area (Å²) in [7, 11) is 0. The van der Waals surface area contributed by atoms with E-state index in [9.17, 15) is 0 Å². The van der Waals surface area contributed by atoms with Crippen molar-refractivity contribution in [3.8, 4) is 44.9 Å². The first-order chi connectivity index (χ1) is 15.6. The van der Waals surface area contributed by atoms with E-state index in [-0.39, 0.29) is 5.41 Å². The van der Waals surface area contributed by atoms with Gasteiger partial charge in [-0.1, -0.05) is 92.7 Å². The van der Waals surface area contributed by atoms with Gasteiger partial charge in [-0.3, -0.25) is 0 Å². The predicted octanol–water partition coefficient (Wildman–Crippen LogP) is 8.59. The van der Waals surface area contributed by atoms with E-state index in [1.54, 1.807) is 0 Å². The second kappa shape index (κ2) is 6.11. The van der Waals surface area contributed by atoms with Crippen molar-refractivity contribution in [2.75, 3.05) is 0 Å². The molecule has 0 N–H and O–H groups in total. The van der Waals surface area contributed by atoms with Gasteiger partial charge in [0, 0.05) is 16.4 Å². The number of benzene rings is 5. The molecule has 0 aromatic heterocycles. The summed E-state index contributed by atoms with van der Waals surface area (Å²) in [6, 6.07) is 35.0. The molecule has 152 valence electrons. The third-order valence-electron chi connectivity index (χ3n) is 7.28. The molecule has 0 bridgehead atoms. The van der Waals surface area contributed by atoms with Crippen molar-refractivity contribution < 1.29 is 4.74 Å². The van der Waals surface area contributed by atoms with Crippen molar-refractivity contribution >= 4 is 10.8 Å². The maximum Gasteiger partial charge on any atom is 0.135 e. The molecular weight excluding hydrogens is 388 g/mol. The summed E-state index contributed by atoms with van der Waals surface area (Å²) >= 11 is 0. The fraction of sp³-hybridized carbons (Fsp3) is 0.0968. The van der Waals surface area contributed by atoms with Gasteiger partial charge in [-0.25, -0.2) is 0 Å². The first-order valence-corrected chi connectivity index (χ1v) is 11.2. The lowest BCUT2D eigenvalue weighted by Crippen LogP contribution is -2.14. The molecule has 0 saturated heterocycles. The van der Waals surface area contributed by atoms with Crippen LogP contribution in [0.1, 0.15) is 25.0 Å². The normalized spacial score (nSPS) is 14.4. The Balaban J connectivity index is 1.49. The Morgan fingerprint density at radius 2 is 1.25 bits per heavy atom. The number of hydrogen-bond donors (Lipinski definition) is 0. The van der Waals surface area contributed by atoms with Crippen LogP contribution in [-0.4, -0.2) is 0 Å². The highest BCUT2D eigenvalue weighted by molar-refractivity contribution is 6.07. The predicted molar refractivity (Wildman–Crippen MR) is 132 cm³/mol. The zero-order valence-electron chi connectivity index (χ0n) is 18.1. The Morgan fingerprint density at radius 3 is 2.16 bits per heavy atom. The zero-order valence-corrected chi connectivity index (χ0v) is 18.1. The molecule has 1 aliphatic carbocycles. The number of rotatable bonds is 1. The first kappa shape index (κ1) is 17.8. The van der Waals surface area contributed by atoms with E-state index in [2.05, 4.69) is 111 Å². The summed E-state index contributed by atoms with van der Waals surface area (Å²) in [5.41, 5.74) is 10.4. The van der Waals surface area contributed by atoms with Crippen LogP contribution in [0.15, 0.2) is 97.1 Å². The Hall–Kier alpha value is -3.84. The van der Waals surface area contributed by atoms with Crippen LogP contribution in [0.5, 0.6) is 11.5 Å². The Bertz CT molecular complexity index is 1570. The van der Waals surface area contributed by atoms with Crippen LogP contribution in [0.3, 0.4) is 0 Å². The second-order valence-corrected chi connectivity index (χ2v) is 9.37. The third kappa shape index (κ3) is 2.23. The van der Waals surface area contributed by atoms with Crippen LogP contribution < -0.4 is 4.74 Å². The molecule has 0 fully saturated rings. The van der Waals surface area contributed by atoms with Crippen LogP contribution >= 0.6 is 0 Å². The quantitative estimate of drug-likeness (QED) is 0.264. The monoisotopic (exact) mass is 410 g/mol. The molecule has 0 radical (unpaired) electrons.